The summed E-state index contributed by atoms with van der Waals surface area (Å²) in [5.74, 6) is 0.243. The first-order valence-electron chi connectivity index (χ1n) is 15.5. The second kappa shape index (κ2) is 16.3. The van der Waals surface area contributed by atoms with Gasteiger partial charge >= 0.3 is 0 Å². The number of likely N-dealkylation sites (tertiary alicyclic amines) is 1. The Kier molecular flexibility index (Phi) is 12.2. The number of nitrogens with zero attached hydrogens (tertiary/aromatic N) is 3. The molecule has 1 aliphatic heterocycles. The van der Waals surface area contributed by atoms with E-state index in [1.165, 1.54) is 16.7 Å². The van der Waals surface area contributed by atoms with E-state index in [9.17, 15) is 9.59 Å². The smallest absolute Gasteiger partial charge is 0.254 e. The van der Waals surface area contributed by atoms with Crippen molar-refractivity contribution >= 4 is 23.2 Å². The van der Waals surface area contributed by atoms with Gasteiger partial charge in [-0.1, -0.05) is 61.9 Å². The van der Waals surface area contributed by atoms with Crippen molar-refractivity contribution in [2.45, 2.75) is 71.9 Å². The van der Waals surface area contributed by atoms with E-state index in [2.05, 4.69) is 66.5 Å². The highest BCUT2D eigenvalue weighted by Crippen LogP contribution is 2.34. The molecule has 2 N–H and O–H groups in total. The summed E-state index contributed by atoms with van der Waals surface area (Å²) in [5.41, 5.74) is 5.76. The Hall–Kier alpha value is -3.88. The van der Waals surface area contributed by atoms with Gasteiger partial charge in [0.25, 0.3) is 11.8 Å². The normalized spacial score (nSPS) is 15.0. The van der Waals surface area contributed by atoms with E-state index in [1.54, 1.807) is 35.6 Å². The highest BCUT2D eigenvalue weighted by molar-refractivity contribution is 7.09. The lowest BCUT2D eigenvalue weighted by Gasteiger charge is -2.23. The van der Waals surface area contributed by atoms with Crippen LogP contribution in [0, 0.1) is 13.8 Å². The van der Waals surface area contributed by atoms with Gasteiger partial charge in [0, 0.05) is 53.7 Å². The molecule has 232 valence electrons. The van der Waals surface area contributed by atoms with Gasteiger partial charge in [-0.15, -0.1) is 11.3 Å². The van der Waals surface area contributed by atoms with E-state index in [-0.39, 0.29) is 23.9 Å². The number of nitrogens with one attached hydrogen (secondary N) is 2. The summed E-state index contributed by atoms with van der Waals surface area (Å²) in [7, 11) is 0. The summed E-state index contributed by atoms with van der Waals surface area (Å²) in [6.45, 7) is 12.6. The van der Waals surface area contributed by atoms with E-state index >= 15 is 0 Å². The molecule has 2 atom stereocenters. The summed E-state index contributed by atoms with van der Waals surface area (Å²) in [4.78, 5) is 37.0. The minimum atomic E-state index is -0.162. The molecule has 3 heterocycles. The topological polar surface area (TPSA) is 87.2 Å². The van der Waals surface area contributed by atoms with Crippen LogP contribution >= 0.6 is 11.3 Å². The number of carbonyl (C=O) groups is 2. The lowest BCUT2D eigenvalue weighted by atomic mass is 10.0. The summed E-state index contributed by atoms with van der Waals surface area (Å²) >= 11 is 1.61. The third-order valence-corrected chi connectivity index (χ3v) is 8.85. The van der Waals surface area contributed by atoms with Crippen LogP contribution in [-0.4, -0.2) is 46.3 Å². The molecule has 2 unspecified atom stereocenters. The number of amides is 2. The number of rotatable bonds is 10. The molecule has 2 aromatic carbocycles. The SMILES string of the molecule is Cc1ccccc1.Cc1csc(C2CCCN2C(=O)c2cccc(C(=O)NCCCNC(C)c3cncc(C(C)C)c3)c2)n1. The fourth-order valence-electron chi connectivity index (χ4n) is 5.14. The molecule has 2 aromatic heterocycles. The van der Waals surface area contributed by atoms with Crippen LogP contribution in [0.25, 0.3) is 0 Å². The first-order chi connectivity index (χ1) is 21.2. The van der Waals surface area contributed by atoms with E-state index in [4.69, 9.17) is 0 Å². The first kappa shape index (κ1) is 33.0. The van der Waals surface area contributed by atoms with Crippen molar-refractivity contribution in [3.63, 3.8) is 0 Å². The maximum Gasteiger partial charge on any atom is 0.254 e. The maximum atomic E-state index is 13.3. The molecule has 0 radical (unpaired) electrons. The number of carbonyl (C=O) groups excluding carboxylic acids is 2. The van der Waals surface area contributed by atoms with E-state index in [0.717, 1.165) is 36.5 Å². The quantitative estimate of drug-likeness (QED) is 0.182. The molecule has 0 aliphatic carbocycles. The minimum Gasteiger partial charge on any atom is -0.352 e. The van der Waals surface area contributed by atoms with Crippen LogP contribution < -0.4 is 10.6 Å². The van der Waals surface area contributed by atoms with Gasteiger partial charge in [-0.3, -0.25) is 14.6 Å². The van der Waals surface area contributed by atoms with Crippen molar-refractivity contribution in [2.75, 3.05) is 19.6 Å². The Morgan fingerprint density at radius 3 is 2.39 bits per heavy atom. The minimum absolute atomic E-state index is 0.0159. The van der Waals surface area contributed by atoms with E-state index in [0.29, 0.717) is 30.1 Å². The standard InChI is InChI=1S/C29H37N5O2S.C7H8/c1-19(2)24-15-25(17-30-16-24)21(4)31-11-7-12-32-27(35)22-8-5-9-23(14-22)29(36)34-13-6-10-26(34)28-33-20(3)18-37-28;1-7-5-3-2-4-6-7/h5,8-9,14-19,21,26,31H,6-7,10-13H2,1-4H3,(H,32,35);2-6H,1H3. The third-order valence-electron chi connectivity index (χ3n) is 7.78. The van der Waals surface area contributed by atoms with Crippen molar-refractivity contribution in [1.82, 2.24) is 25.5 Å². The molecule has 1 aliphatic rings. The zero-order valence-corrected chi connectivity index (χ0v) is 27.4. The van der Waals surface area contributed by atoms with E-state index < -0.39 is 0 Å². The largest absolute Gasteiger partial charge is 0.352 e. The molecular formula is C36H45N5O2S. The molecule has 5 rings (SSSR count). The Morgan fingerprint density at radius 2 is 1.70 bits per heavy atom. The molecule has 2 amide bonds. The van der Waals surface area contributed by atoms with Crippen LogP contribution in [0.1, 0.15) is 106 Å². The monoisotopic (exact) mass is 611 g/mol. The van der Waals surface area contributed by atoms with Crippen LogP contribution in [0.4, 0.5) is 0 Å². The number of aromatic nitrogens is 2. The second-order valence-electron chi connectivity index (χ2n) is 11.7. The molecule has 1 saturated heterocycles. The number of aryl methyl sites for hydroxylation is 2. The Morgan fingerprint density at radius 1 is 0.955 bits per heavy atom. The molecule has 44 heavy (non-hydrogen) atoms. The molecule has 1 fully saturated rings. The summed E-state index contributed by atoms with van der Waals surface area (Å²) in [6.07, 6.45) is 6.51. The van der Waals surface area contributed by atoms with Gasteiger partial charge in [-0.2, -0.15) is 0 Å². The Bertz CT molecular complexity index is 1500. The van der Waals surface area contributed by atoms with Crippen molar-refractivity contribution < 1.29 is 9.59 Å². The molecular weight excluding hydrogens is 566 g/mol. The van der Waals surface area contributed by atoms with Crippen molar-refractivity contribution in [3.05, 3.63) is 117 Å². The van der Waals surface area contributed by atoms with Gasteiger partial charge in [-0.05, 0) is 81.8 Å². The molecule has 8 heteroatoms. The number of thiazole rings is 1. The zero-order chi connectivity index (χ0) is 31.5. The summed E-state index contributed by atoms with van der Waals surface area (Å²) in [6, 6.07) is 19.7. The molecule has 0 bridgehead atoms. The predicted octanol–water partition coefficient (Wildman–Crippen LogP) is 7.41. The predicted molar refractivity (Wildman–Crippen MR) is 179 cm³/mol. The Balaban J connectivity index is 0.000000555. The molecule has 7 nitrogen and oxygen atoms in total. The highest BCUT2D eigenvalue weighted by Gasteiger charge is 2.32. The summed E-state index contributed by atoms with van der Waals surface area (Å²) in [5, 5.41) is 9.51. The molecule has 0 spiro atoms. The molecule has 4 aromatic rings. The average Bonchev–Trinajstić information content (AvgIpc) is 3.70. The van der Waals surface area contributed by atoms with Crippen molar-refractivity contribution in [1.29, 1.82) is 0 Å². The van der Waals surface area contributed by atoms with E-state index in [1.807, 2.05) is 47.8 Å². The zero-order valence-electron chi connectivity index (χ0n) is 26.5. The number of hydrogen-bond acceptors (Lipinski definition) is 6. The van der Waals surface area contributed by atoms with Crippen LogP contribution in [0.5, 0.6) is 0 Å². The fraction of sp³-hybridized carbons (Fsp3) is 0.389. The lowest BCUT2D eigenvalue weighted by Crippen LogP contribution is -2.31. The summed E-state index contributed by atoms with van der Waals surface area (Å²) < 4.78 is 0. The van der Waals surface area contributed by atoms with Gasteiger partial charge in [-0.25, -0.2) is 4.98 Å². The Labute approximate surface area is 266 Å². The number of hydrogen-bond donors (Lipinski definition) is 2. The first-order valence-corrected chi connectivity index (χ1v) is 16.4. The number of pyridine rings is 1. The van der Waals surface area contributed by atoms with Gasteiger partial charge in [0.15, 0.2) is 0 Å². The van der Waals surface area contributed by atoms with Crippen molar-refractivity contribution in [3.8, 4) is 0 Å². The van der Waals surface area contributed by atoms with Crippen LogP contribution in [0.2, 0.25) is 0 Å². The second-order valence-corrected chi connectivity index (χ2v) is 12.6. The van der Waals surface area contributed by atoms with Crippen LogP contribution in [0.15, 0.2) is 78.4 Å². The third kappa shape index (κ3) is 9.31. The van der Waals surface area contributed by atoms with Crippen LogP contribution in [0.3, 0.4) is 0 Å². The molecule has 0 saturated carbocycles. The van der Waals surface area contributed by atoms with Gasteiger partial charge in [0.2, 0.25) is 0 Å². The average molecular weight is 612 g/mol. The fourth-order valence-corrected chi connectivity index (χ4v) is 6.09. The lowest BCUT2D eigenvalue weighted by molar-refractivity contribution is 0.0735. The van der Waals surface area contributed by atoms with Gasteiger partial charge in [0.05, 0.1) is 6.04 Å². The van der Waals surface area contributed by atoms with Crippen LogP contribution in [-0.2, 0) is 0 Å². The van der Waals surface area contributed by atoms with Gasteiger partial charge < -0.3 is 15.5 Å². The number of benzene rings is 2. The van der Waals surface area contributed by atoms with Gasteiger partial charge in [0.1, 0.15) is 5.01 Å². The van der Waals surface area contributed by atoms with Crippen molar-refractivity contribution in [2.24, 2.45) is 0 Å². The maximum absolute atomic E-state index is 13.3. The highest BCUT2D eigenvalue weighted by atomic mass is 32.1.